The predicted octanol–water partition coefficient (Wildman–Crippen LogP) is 5.28. The number of hydrogen-bond donors (Lipinski definition) is 1. The van der Waals surface area contributed by atoms with Gasteiger partial charge in [0.2, 0.25) is 0 Å². The van der Waals surface area contributed by atoms with E-state index in [-0.39, 0.29) is 11.3 Å². The number of thiophene rings is 1. The minimum Gasteiger partial charge on any atom is -0.507 e. The second kappa shape index (κ2) is 9.50. The summed E-state index contributed by atoms with van der Waals surface area (Å²) in [4.78, 5) is 33.9. The maximum atomic E-state index is 13.5. The van der Waals surface area contributed by atoms with Crippen LogP contribution >= 0.6 is 11.3 Å². The number of piperazine rings is 1. The largest absolute Gasteiger partial charge is 0.507 e. The maximum absolute atomic E-state index is 13.5. The molecular weight excluding hydrogens is 482 g/mol. The lowest BCUT2D eigenvalue weighted by Crippen LogP contribution is -2.44. The molecule has 37 heavy (non-hydrogen) atoms. The van der Waals surface area contributed by atoms with Gasteiger partial charge in [-0.15, -0.1) is 11.3 Å². The van der Waals surface area contributed by atoms with Gasteiger partial charge in [0.15, 0.2) is 0 Å². The molecule has 0 aliphatic carbocycles. The van der Waals surface area contributed by atoms with E-state index in [0.717, 1.165) is 47.5 Å². The van der Waals surface area contributed by atoms with E-state index in [1.807, 2.05) is 78.2 Å². The lowest BCUT2D eigenvalue weighted by atomic mass is 9.96. The van der Waals surface area contributed by atoms with Gasteiger partial charge in [0, 0.05) is 48.0 Å². The summed E-state index contributed by atoms with van der Waals surface area (Å²) in [6, 6.07) is 24.2. The molecule has 4 aromatic rings. The topological polar surface area (TPSA) is 64.1 Å². The van der Waals surface area contributed by atoms with E-state index >= 15 is 0 Å². The van der Waals surface area contributed by atoms with Crippen LogP contribution in [0.2, 0.25) is 0 Å². The van der Waals surface area contributed by atoms with Crippen molar-refractivity contribution in [1.29, 1.82) is 0 Å². The fraction of sp³-hybridized carbons (Fsp3) is 0.200. The predicted molar refractivity (Wildman–Crippen MR) is 149 cm³/mol. The molecule has 186 valence electrons. The van der Waals surface area contributed by atoms with Crippen molar-refractivity contribution in [2.75, 3.05) is 43.0 Å². The van der Waals surface area contributed by atoms with Gasteiger partial charge >= 0.3 is 0 Å². The number of hydrogen-bond acceptors (Lipinski definition) is 6. The number of amides is 1. The smallest absolute Gasteiger partial charge is 0.300 e. The molecular formula is C30H27N3O3S. The Balaban J connectivity index is 1.44. The van der Waals surface area contributed by atoms with E-state index in [0.29, 0.717) is 11.3 Å². The highest BCUT2D eigenvalue weighted by atomic mass is 32.1. The zero-order chi connectivity index (χ0) is 25.5. The third-order valence-corrected chi connectivity index (χ3v) is 8.22. The molecule has 2 saturated heterocycles. The van der Waals surface area contributed by atoms with Crippen molar-refractivity contribution < 1.29 is 14.7 Å². The van der Waals surface area contributed by atoms with Gasteiger partial charge in [-0.05, 0) is 53.5 Å². The van der Waals surface area contributed by atoms with E-state index in [4.69, 9.17) is 0 Å². The molecule has 0 saturated carbocycles. The molecule has 2 fully saturated rings. The minimum absolute atomic E-state index is 0.118. The number of aliphatic hydroxyl groups is 1. The highest BCUT2D eigenvalue weighted by Gasteiger charge is 2.47. The van der Waals surface area contributed by atoms with E-state index in [1.165, 1.54) is 16.2 Å². The van der Waals surface area contributed by atoms with E-state index in [9.17, 15) is 14.7 Å². The van der Waals surface area contributed by atoms with Gasteiger partial charge in [-0.2, -0.15) is 0 Å². The second-order valence-corrected chi connectivity index (χ2v) is 10.5. The second-order valence-electron chi connectivity index (χ2n) is 9.52. The Kier molecular flexibility index (Phi) is 6.02. The summed E-state index contributed by atoms with van der Waals surface area (Å²) in [5.41, 5.74) is 2.39. The van der Waals surface area contributed by atoms with Crippen molar-refractivity contribution in [3.63, 3.8) is 0 Å². The summed E-state index contributed by atoms with van der Waals surface area (Å²) in [6.07, 6.45) is 0. The first-order valence-corrected chi connectivity index (χ1v) is 13.3. The summed E-state index contributed by atoms with van der Waals surface area (Å²) >= 11 is 1.46. The molecule has 1 unspecified atom stereocenters. The SMILES string of the molecule is CN1CCN(c2ccc(N3C(=O)C(=O)/C(=C(\O)c4cccc5ccccc45)C3c3cccs3)cc2)CC1. The van der Waals surface area contributed by atoms with E-state index in [2.05, 4.69) is 16.8 Å². The van der Waals surface area contributed by atoms with Crippen LogP contribution in [-0.2, 0) is 9.59 Å². The molecule has 3 heterocycles. The molecule has 1 N–H and O–H groups in total. The Labute approximate surface area is 219 Å². The van der Waals surface area contributed by atoms with Crippen LogP contribution in [0.1, 0.15) is 16.5 Å². The quantitative estimate of drug-likeness (QED) is 0.230. The van der Waals surface area contributed by atoms with Crippen LogP contribution in [0.15, 0.2) is 89.8 Å². The standard InChI is InChI=1S/C30H27N3O3S/c1-31-15-17-32(18-16-31)21-11-13-22(14-12-21)33-27(25-10-5-19-37-25)26(29(35)30(33)36)28(34)24-9-4-7-20-6-2-3-8-23(20)24/h2-14,19,27,34H,15-18H2,1H3/b28-26-. The Morgan fingerprint density at radius 1 is 0.838 bits per heavy atom. The monoisotopic (exact) mass is 509 g/mol. The van der Waals surface area contributed by atoms with Gasteiger partial charge in [0.25, 0.3) is 11.7 Å². The molecule has 1 aromatic heterocycles. The van der Waals surface area contributed by atoms with Crippen LogP contribution in [0.4, 0.5) is 11.4 Å². The van der Waals surface area contributed by atoms with Gasteiger partial charge in [-0.3, -0.25) is 14.5 Å². The van der Waals surface area contributed by atoms with Crippen molar-refractivity contribution in [3.05, 3.63) is 100 Å². The summed E-state index contributed by atoms with van der Waals surface area (Å²) < 4.78 is 0. The molecule has 6 nitrogen and oxygen atoms in total. The Hall–Kier alpha value is -3.94. The fourth-order valence-electron chi connectivity index (χ4n) is 5.28. The average molecular weight is 510 g/mol. The number of Topliss-reactive ketones (excluding diaryl/α,β-unsaturated/α-hetero) is 1. The van der Waals surface area contributed by atoms with Gasteiger partial charge < -0.3 is 14.9 Å². The lowest BCUT2D eigenvalue weighted by molar-refractivity contribution is -0.132. The summed E-state index contributed by atoms with van der Waals surface area (Å²) in [7, 11) is 2.12. The van der Waals surface area contributed by atoms with Crippen molar-refractivity contribution in [2.24, 2.45) is 0 Å². The first-order chi connectivity index (χ1) is 18.0. The number of fused-ring (bicyclic) bond motifs is 1. The number of aliphatic hydroxyl groups excluding tert-OH is 1. The van der Waals surface area contributed by atoms with E-state index in [1.54, 1.807) is 6.07 Å². The molecule has 2 aliphatic rings. The van der Waals surface area contributed by atoms with Gasteiger partial charge in [0.05, 0.1) is 5.57 Å². The Morgan fingerprint density at radius 3 is 2.27 bits per heavy atom. The molecule has 6 rings (SSSR count). The molecule has 0 spiro atoms. The van der Waals surface area contributed by atoms with Crippen LogP contribution < -0.4 is 9.80 Å². The number of anilines is 2. The number of rotatable bonds is 4. The summed E-state index contributed by atoms with van der Waals surface area (Å²) in [5.74, 6) is -1.45. The average Bonchev–Trinajstić information content (AvgIpc) is 3.55. The third-order valence-electron chi connectivity index (χ3n) is 7.30. The molecule has 1 amide bonds. The molecule has 0 radical (unpaired) electrons. The van der Waals surface area contributed by atoms with Crippen molar-refractivity contribution in [3.8, 4) is 0 Å². The highest BCUT2D eigenvalue weighted by molar-refractivity contribution is 7.10. The van der Waals surface area contributed by atoms with Crippen LogP contribution in [0.25, 0.3) is 16.5 Å². The maximum Gasteiger partial charge on any atom is 0.300 e. The van der Waals surface area contributed by atoms with Gasteiger partial charge in [-0.1, -0.05) is 48.5 Å². The normalized spacial score (nSPS) is 20.2. The van der Waals surface area contributed by atoms with Crippen LogP contribution in [0.3, 0.4) is 0 Å². The lowest BCUT2D eigenvalue weighted by Gasteiger charge is -2.34. The zero-order valence-corrected chi connectivity index (χ0v) is 21.3. The fourth-order valence-corrected chi connectivity index (χ4v) is 6.10. The van der Waals surface area contributed by atoms with Crippen LogP contribution in [0.5, 0.6) is 0 Å². The van der Waals surface area contributed by atoms with Crippen molar-refractivity contribution in [1.82, 2.24) is 4.90 Å². The number of carbonyl (C=O) groups is 2. The minimum atomic E-state index is -0.701. The number of ketones is 1. The van der Waals surface area contributed by atoms with Gasteiger partial charge in [0.1, 0.15) is 11.8 Å². The summed E-state index contributed by atoms with van der Waals surface area (Å²) in [6.45, 7) is 3.90. The zero-order valence-electron chi connectivity index (χ0n) is 20.5. The number of carbonyl (C=O) groups excluding carboxylic acids is 2. The highest BCUT2D eigenvalue weighted by Crippen LogP contribution is 2.44. The van der Waals surface area contributed by atoms with Crippen molar-refractivity contribution in [2.45, 2.75) is 6.04 Å². The number of benzene rings is 3. The third kappa shape index (κ3) is 4.10. The Bertz CT molecular complexity index is 1500. The van der Waals surface area contributed by atoms with E-state index < -0.39 is 17.7 Å². The first-order valence-electron chi connectivity index (χ1n) is 12.4. The Morgan fingerprint density at radius 2 is 1.54 bits per heavy atom. The molecule has 7 heteroatoms. The first kappa shape index (κ1) is 23.5. The molecule has 2 aliphatic heterocycles. The summed E-state index contributed by atoms with van der Waals surface area (Å²) in [5, 5.41) is 15.3. The number of likely N-dealkylation sites (N-methyl/N-ethyl adjacent to an activating group) is 1. The van der Waals surface area contributed by atoms with Crippen molar-refractivity contribution >= 4 is 50.9 Å². The molecule has 1 atom stereocenters. The van der Waals surface area contributed by atoms with Crippen LogP contribution in [-0.4, -0.2) is 54.9 Å². The molecule has 0 bridgehead atoms. The van der Waals surface area contributed by atoms with Crippen LogP contribution in [0, 0.1) is 0 Å². The van der Waals surface area contributed by atoms with Gasteiger partial charge in [-0.25, -0.2) is 0 Å². The molecule has 3 aromatic carbocycles. The number of nitrogens with zero attached hydrogens (tertiary/aromatic N) is 3.